The number of rotatable bonds is 7. The third-order valence-corrected chi connectivity index (χ3v) is 5.47. The summed E-state index contributed by atoms with van der Waals surface area (Å²) in [6, 6.07) is 0. The highest BCUT2D eigenvalue weighted by atomic mass is 32.2. The largest absolute Gasteiger partial charge is 0.353 e. The van der Waals surface area contributed by atoms with E-state index in [-0.39, 0.29) is 5.37 Å². The molecule has 1 unspecified atom stereocenters. The number of imidazole rings is 1. The Hall–Kier alpha value is -2.39. The molecule has 0 radical (unpaired) electrons. The lowest BCUT2D eigenvalue weighted by Gasteiger charge is -2.14. The first-order valence-corrected chi connectivity index (χ1v) is 9.94. The van der Waals surface area contributed by atoms with E-state index in [0.717, 1.165) is 59.9 Å². The number of nitrogens with one attached hydrogen (secondary N) is 2. The van der Waals surface area contributed by atoms with Crippen molar-refractivity contribution in [3.8, 4) is 11.3 Å². The van der Waals surface area contributed by atoms with Gasteiger partial charge in [0, 0.05) is 37.1 Å². The van der Waals surface area contributed by atoms with E-state index in [1.54, 1.807) is 16.6 Å². The van der Waals surface area contributed by atoms with Crippen LogP contribution in [0.5, 0.6) is 0 Å². The van der Waals surface area contributed by atoms with Crippen LogP contribution in [-0.2, 0) is 13.5 Å². The molecule has 3 aromatic heterocycles. The highest BCUT2D eigenvalue weighted by molar-refractivity contribution is 7.99. The fraction of sp³-hybridized carbons (Fsp3) is 0.444. The summed E-state index contributed by atoms with van der Waals surface area (Å²) >= 11 is 1.56. The lowest BCUT2D eigenvalue weighted by atomic mass is 10.2. The van der Waals surface area contributed by atoms with E-state index >= 15 is 0 Å². The van der Waals surface area contributed by atoms with Crippen molar-refractivity contribution in [2.45, 2.75) is 31.6 Å². The summed E-state index contributed by atoms with van der Waals surface area (Å²) < 4.78 is 8.35. The fourth-order valence-corrected chi connectivity index (χ4v) is 4.06. The molecule has 4 rings (SSSR count). The summed E-state index contributed by atoms with van der Waals surface area (Å²) in [6.45, 7) is 3.02. The minimum Gasteiger partial charge on any atom is -0.353 e. The van der Waals surface area contributed by atoms with Gasteiger partial charge in [-0.25, -0.2) is 14.4 Å². The van der Waals surface area contributed by atoms with Gasteiger partial charge in [0.1, 0.15) is 5.37 Å². The van der Waals surface area contributed by atoms with Gasteiger partial charge in [-0.3, -0.25) is 9.08 Å². The van der Waals surface area contributed by atoms with Crippen molar-refractivity contribution < 1.29 is 0 Å². The zero-order valence-corrected chi connectivity index (χ0v) is 16.6. The second kappa shape index (κ2) is 7.69. The molecule has 0 saturated carbocycles. The Morgan fingerprint density at radius 2 is 2.19 bits per heavy atom. The summed E-state index contributed by atoms with van der Waals surface area (Å²) in [4.78, 5) is 9.51. The highest BCUT2D eigenvalue weighted by Crippen LogP contribution is 2.29. The first-order chi connectivity index (χ1) is 13.1. The predicted octanol–water partition coefficient (Wildman–Crippen LogP) is 2.53. The van der Waals surface area contributed by atoms with E-state index in [4.69, 9.17) is 4.98 Å². The van der Waals surface area contributed by atoms with E-state index in [2.05, 4.69) is 42.6 Å². The number of fused-ring (bicyclic) bond motifs is 1. The minimum atomic E-state index is 0.201. The molecular weight excluding hydrogens is 360 g/mol. The maximum absolute atomic E-state index is 4.87. The second-order valence-electron chi connectivity index (χ2n) is 6.80. The summed E-state index contributed by atoms with van der Waals surface area (Å²) in [6.07, 6.45) is 10.7. The Bertz CT molecular complexity index is 973. The molecule has 4 heterocycles. The van der Waals surface area contributed by atoms with Gasteiger partial charge in [0.2, 0.25) is 0 Å². The van der Waals surface area contributed by atoms with Gasteiger partial charge in [-0.15, -0.1) is 0 Å². The van der Waals surface area contributed by atoms with Crippen LogP contribution in [0.3, 0.4) is 0 Å². The maximum atomic E-state index is 4.87. The van der Waals surface area contributed by atoms with Crippen LogP contribution in [0.15, 0.2) is 29.2 Å². The molecule has 0 fully saturated rings. The van der Waals surface area contributed by atoms with Gasteiger partial charge in [-0.2, -0.15) is 5.10 Å². The molecule has 2 N–H and O–H groups in total. The minimum absolute atomic E-state index is 0.201. The van der Waals surface area contributed by atoms with Crippen molar-refractivity contribution in [1.29, 1.82) is 0 Å². The molecule has 0 aliphatic carbocycles. The normalized spacial score (nSPS) is 16.9. The van der Waals surface area contributed by atoms with E-state index in [0.29, 0.717) is 0 Å². The average molecular weight is 385 g/mol. The van der Waals surface area contributed by atoms with Crippen LogP contribution in [0.1, 0.15) is 25.5 Å². The summed E-state index contributed by atoms with van der Waals surface area (Å²) in [5.74, 6) is 0.814. The number of anilines is 1. The Kier molecular flexibility index (Phi) is 5.13. The van der Waals surface area contributed by atoms with E-state index in [1.807, 2.05) is 32.7 Å². The molecule has 1 aliphatic rings. The van der Waals surface area contributed by atoms with Gasteiger partial charge in [0.25, 0.3) is 0 Å². The molecule has 27 heavy (non-hydrogen) atoms. The zero-order valence-electron chi connectivity index (χ0n) is 15.8. The summed E-state index contributed by atoms with van der Waals surface area (Å²) in [7, 11) is 3.89. The smallest absolute Gasteiger partial charge is 0.180 e. The van der Waals surface area contributed by atoms with Crippen molar-refractivity contribution in [2.75, 3.05) is 18.9 Å². The maximum Gasteiger partial charge on any atom is 0.180 e. The van der Waals surface area contributed by atoms with Crippen LogP contribution < -0.4 is 10.6 Å². The molecule has 0 spiro atoms. The average Bonchev–Trinajstić information content (AvgIpc) is 3.35. The third kappa shape index (κ3) is 3.84. The van der Waals surface area contributed by atoms with Crippen LogP contribution in [-0.4, -0.2) is 48.8 Å². The van der Waals surface area contributed by atoms with Crippen LogP contribution in [0, 0.1) is 0 Å². The molecule has 142 valence electrons. The monoisotopic (exact) mass is 384 g/mol. The standard InChI is InChI=1S/C18H24N8S/c1-12-7-16(27-24-12)23-17-18-20-9-15(13-8-21-25(3)10-13)26(18)11-14(22-17)5-4-6-19-2/h8-11,16,19H,4-7H2,1-3H3,(H,22,23). The number of nitrogens with zero attached hydrogens (tertiary/aromatic N) is 6. The van der Waals surface area contributed by atoms with Crippen molar-refractivity contribution in [2.24, 2.45) is 11.4 Å². The topological polar surface area (TPSA) is 84.4 Å². The van der Waals surface area contributed by atoms with Crippen LogP contribution in [0.25, 0.3) is 16.9 Å². The molecule has 0 saturated heterocycles. The van der Waals surface area contributed by atoms with Gasteiger partial charge in [-0.1, -0.05) is 0 Å². The fourth-order valence-electron chi connectivity index (χ4n) is 3.20. The van der Waals surface area contributed by atoms with Gasteiger partial charge in [0.15, 0.2) is 11.5 Å². The zero-order chi connectivity index (χ0) is 18.8. The van der Waals surface area contributed by atoms with Crippen molar-refractivity contribution >= 4 is 29.1 Å². The lowest BCUT2D eigenvalue weighted by molar-refractivity contribution is 0.712. The number of aryl methyl sites for hydroxylation is 2. The van der Waals surface area contributed by atoms with Gasteiger partial charge in [-0.05, 0) is 45.3 Å². The Balaban J connectivity index is 1.72. The molecule has 8 nitrogen and oxygen atoms in total. The van der Waals surface area contributed by atoms with Crippen molar-refractivity contribution in [3.05, 3.63) is 30.5 Å². The molecule has 0 amide bonds. The van der Waals surface area contributed by atoms with Crippen LogP contribution in [0.4, 0.5) is 5.82 Å². The molecule has 0 bridgehead atoms. The van der Waals surface area contributed by atoms with E-state index < -0.39 is 0 Å². The predicted molar refractivity (Wildman–Crippen MR) is 110 cm³/mol. The van der Waals surface area contributed by atoms with Gasteiger partial charge in [0.05, 0.1) is 23.8 Å². The Morgan fingerprint density at radius 1 is 1.30 bits per heavy atom. The highest BCUT2D eigenvalue weighted by Gasteiger charge is 2.20. The molecule has 0 aromatic carbocycles. The Morgan fingerprint density at radius 3 is 2.89 bits per heavy atom. The summed E-state index contributed by atoms with van der Waals surface area (Å²) in [5.41, 5.74) is 5.08. The molecule has 1 aliphatic heterocycles. The molecule has 3 aromatic rings. The molecule has 9 heteroatoms. The third-order valence-electron chi connectivity index (χ3n) is 4.52. The van der Waals surface area contributed by atoms with Crippen molar-refractivity contribution in [1.82, 2.24) is 29.5 Å². The van der Waals surface area contributed by atoms with Crippen LogP contribution >= 0.6 is 11.9 Å². The number of hydrogen-bond donors (Lipinski definition) is 2. The lowest BCUT2D eigenvalue weighted by Crippen LogP contribution is -2.17. The van der Waals surface area contributed by atoms with E-state index in [9.17, 15) is 0 Å². The summed E-state index contributed by atoms with van der Waals surface area (Å²) in [5, 5.41) is 11.2. The molecular formula is C18H24N8S. The van der Waals surface area contributed by atoms with Gasteiger partial charge >= 0.3 is 0 Å². The first kappa shape index (κ1) is 18.0. The van der Waals surface area contributed by atoms with E-state index in [1.165, 1.54) is 0 Å². The first-order valence-electron chi connectivity index (χ1n) is 9.10. The number of hydrogen-bond acceptors (Lipinski definition) is 7. The second-order valence-corrected chi connectivity index (χ2v) is 7.76. The SMILES string of the molecule is CNCCCc1cn2c(-c3cnn(C)c3)cnc2c(NC2CC(C)=NS2)n1. The van der Waals surface area contributed by atoms with Crippen LogP contribution in [0.2, 0.25) is 0 Å². The number of aromatic nitrogens is 5. The van der Waals surface area contributed by atoms with Crippen molar-refractivity contribution in [3.63, 3.8) is 0 Å². The Labute approximate surface area is 162 Å². The van der Waals surface area contributed by atoms with Gasteiger partial charge < -0.3 is 10.6 Å². The molecule has 1 atom stereocenters. The quantitative estimate of drug-likeness (QED) is 0.481.